The summed E-state index contributed by atoms with van der Waals surface area (Å²) in [6.45, 7) is 0. The van der Waals surface area contributed by atoms with Gasteiger partial charge >= 0.3 is 11.7 Å². The number of halogens is 1. The minimum absolute atomic E-state index is 0.136. The highest BCUT2D eigenvalue weighted by atomic mass is 19.1. The molecule has 7 nitrogen and oxygen atoms in total. The first kappa shape index (κ1) is 13.0. The Hall–Kier alpha value is -2.06. The monoisotopic (exact) mass is 244 g/mol. The maximum Gasteiger partial charge on any atom is 0.323 e. The Kier molecular flexibility index (Phi) is 3.71. The molecular weight excluding hydrogens is 235 g/mol. The van der Waals surface area contributed by atoms with Gasteiger partial charge in [0.25, 0.3) is 0 Å². The zero-order valence-electron chi connectivity index (χ0n) is 8.41. The van der Waals surface area contributed by atoms with Gasteiger partial charge in [0, 0.05) is 6.07 Å². The molecule has 1 aromatic carbocycles. The summed E-state index contributed by atoms with van der Waals surface area (Å²) in [7, 11) is 0. The molecule has 0 amide bonds. The molecule has 0 fully saturated rings. The average Bonchev–Trinajstić information content (AvgIpc) is 2.26. The van der Waals surface area contributed by atoms with Crippen LogP contribution >= 0.6 is 0 Å². The molecule has 0 saturated heterocycles. The molecule has 0 aliphatic heterocycles. The van der Waals surface area contributed by atoms with Crippen molar-refractivity contribution in [2.24, 2.45) is 5.73 Å². The summed E-state index contributed by atoms with van der Waals surface area (Å²) in [5.74, 6) is -2.62. The summed E-state index contributed by atoms with van der Waals surface area (Å²) in [4.78, 5) is 19.9. The Bertz CT molecular complexity index is 465. The van der Waals surface area contributed by atoms with Crippen molar-refractivity contribution < 1.29 is 24.3 Å². The van der Waals surface area contributed by atoms with Crippen LogP contribution in [0.5, 0.6) is 0 Å². The number of carbonyl (C=O) groups is 1. The number of rotatable bonds is 4. The maximum absolute atomic E-state index is 13.2. The van der Waals surface area contributed by atoms with Gasteiger partial charge in [-0.05, 0) is 17.7 Å². The fraction of sp³-hybridized carbons (Fsp3) is 0.222. The van der Waals surface area contributed by atoms with Crippen LogP contribution in [0.4, 0.5) is 10.1 Å². The summed E-state index contributed by atoms with van der Waals surface area (Å²) in [6.07, 6.45) is -1.64. The van der Waals surface area contributed by atoms with Gasteiger partial charge in [0.2, 0.25) is 5.82 Å². The number of aliphatic hydroxyl groups excluding tert-OH is 1. The Morgan fingerprint density at radius 1 is 1.53 bits per heavy atom. The van der Waals surface area contributed by atoms with E-state index in [4.69, 9.17) is 10.8 Å². The first-order valence-electron chi connectivity index (χ1n) is 4.45. The first-order chi connectivity index (χ1) is 7.84. The van der Waals surface area contributed by atoms with E-state index in [1.54, 1.807) is 0 Å². The lowest BCUT2D eigenvalue weighted by Gasteiger charge is -2.14. The molecule has 1 aromatic rings. The third-order valence-corrected chi connectivity index (χ3v) is 2.14. The van der Waals surface area contributed by atoms with Crippen LogP contribution in [-0.2, 0) is 4.79 Å². The van der Waals surface area contributed by atoms with Crippen LogP contribution in [0.2, 0.25) is 0 Å². The lowest BCUT2D eigenvalue weighted by Crippen LogP contribution is -2.36. The summed E-state index contributed by atoms with van der Waals surface area (Å²) in [5.41, 5.74) is 4.24. The molecule has 2 atom stereocenters. The number of carboxylic acid groups (broad SMARTS) is 1. The highest BCUT2D eigenvalue weighted by Gasteiger charge is 2.25. The van der Waals surface area contributed by atoms with Crippen LogP contribution < -0.4 is 5.73 Å². The minimum Gasteiger partial charge on any atom is -0.480 e. The zero-order valence-corrected chi connectivity index (χ0v) is 8.41. The number of hydrogen-bond donors (Lipinski definition) is 3. The van der Waals surface area contributed by atoms with E-state index in [0.29, 0.717) is 6.07 Å². The van der Waals surface area contributed by atoms with Gasteiger partial charge in [-0.25, -0.2) is 0 Å². The molecule has 2 unspecified atom stereocenters. The third kappa shape index (κ3) is 2.74. The molecular formula is C9H9FN2O5. The molecule has 0 aliphatic rings. The first-order valence-corrected chi connectivity index (χ1v) is 4.45. The summed E-state index contributed by atoms with van der Waals surface area (Å²) in [5, 5.41) is 28.3. The predicted octanol–water partition coefficient (Wildman–Crippen LogP) is 0.179. The molecule has 0 bridgehead atoms. The number of aliphatic hydroxyl groups is 1. The summed E-state index contributed by atoms with van der Waals surface area (Å²) < 4.78 is 13.2. The largest absolute Gasteiger partial charge is 0.480 e. The third-order valence-electron chi connectivity index (χ3n) is 2.14. The average molecular weight is 244 g/mol. The number of hydrogen-bond acceptors (Lipinski definition) is 5. The highest BCUT2D eigenvalue weighted by molar-refractivity contribution is 5.74. The van der Waals surface area contributed by atoms with E-state index >= 15 is 0 Å². The topological polar surface area (TPSA) is 127 Å². The molecule has 0 heterocycles. The van der Waals surface area contributed by atoms with Crippen molar-refractivity contribution >= 4 is 11.7 Å². The molecule has 8 heteroatoms. The fourth-order valence-corrected chi connectivity index (χ4v) is 1.20. The van der Waals surface area contributed by atoms with Gasteiger partial charge in [-0.2, -0.15) is 4.39 Å². The summed E-state index contributed by atoms with van der Waals surface area (Å²) >= 11 is 0. The predicted molar refractivity (Wildman–Crippen MR) is 53.6 cm³/mol. The molecule has 17 heavy (non-hydrogen) atoms. The number of nitrogens with two attached hydrogens (primary N) is 1. The van der Waals surface area contributed by atoms with E-state index in [9.17, 15) is 24.4 Å². The van der Waals surface area contributed by atoms with Gasteiger partial charge in [0.15, 0.2) is 0 Å². The number of nitro groups is 1. The van der Waals surface area contributed by atoms with Gasteiger partial charge in [-0.3, -0.25) is 14.9 Å². The number of nitro benzene ring substituents is 1. The number of aliphatic carboxylic acids is 1. The van der Waals surface area contributed by atoms with Gasteiger partial charge < -0.3 is 15.9 Å². The molecule has 0 saturated carbocycles. The second kappa shape index (κ2) is 4.85. The van der Waals surface area contributed by atoms with E-state index in [0.717, 1.165) is 12.1 Å². The summed E-state index contributed by atoms with van der Waals surface area (Å²) in [6, 6.07) is 0.943. The Morgan fingerprint density at radius 3 is 2.53 bits per heavy atom. The Labute approximate surface area is 94.4 Å². The van der Waals surface area contributed by atoms with Crippen LogP contribution in [0.15, 0.2) is 18.2 Å². The van der Waals surface area contributed by atoms with Crippen LogP contribution in [0, 0.1) is 15.9 Å². The molecule has 0 aliphatic carbocycles. The number of carboxylic acids is 1. The van der Waals surface area contributed by atoms with Crippen molar-refractivity contribution in [1.29, 1.82) is 0 Å². The standard InChI is InChI=1S/C9H9FN2O5/c10-5-3-4(1-2-6(5)12(16)17)8(13)7(11)9(14)15/h1-3,7-8,13H,11H2,(H,14,15). The highest BCUT2D eigenvalue weighted by Crippen LogP contribution is 2.23. The van der Waals surface area contributed by atoms with Gasteiger partial charge in [0.1, 0.15) is 12.1 Å². The van der Waals surface area contributed by atoms with E-state index in [-0.39, 0.29) is 5.56 Å². The van der Waals surface area contributed by atoms with E-state index in [1.165, 1.54) is 0 Å². The van der Waals surface area contributed by atoms with Crippen molar-refractivity contribution in [2.75, 3.05) is 0 Å². The van der Waals surface area contributed by atoms with Crippen LogP contribution in [0.1, 0.15) is 11.7 Å². The zero-order chi connectivity index (χ0) is 13.2. The molecule has 0 aromatic heterocycles. The van der Waals surface area contributed by atoms with Crippen molar-refractivity contribution in [3.63, 3.8) is 0 Å². The fourth-order valence-electron chi connectivity index (χ4n) is 1.20. The quantitative estimate of drug-likeness (QED) is 0.512. The van der Waals surface area contributed by atoms with Crippen molar-refractivity contribution in [3.05, 3.63) is 39.7 Å². The SMILES string of the molecule is NC(C(=O)O)C(O)c1ccc([N+](=O)[O-])c(F)c1. The Balaban J connectivity index is 3.05. The van der Waals surface area contributed by atoms with Crippen molar-refractivity contribution in [1.82, 2.24) is 0 Å². The number of nitrogens with zero attached hydrogens (tertiary/aromatic N) is 1. The van der Waals surface area contributed by atoms with Gasteiger partial charge in [-0.15, -0.1) is 0 Å². The molecule has 0 radical (unpaired) electrons. The van der Waals surface area contributed by atoms with Crippen LogP contribution in [-0.4, -0.2) is 27.1 Å². The Morgan fingerprint density at radius 2 is 2.12 bits per heavy atom. The van der Waals surface area contributed by atoms with E-state index in [2.05, 4.69) is 0 Å². The van der Waals surface area contributed by atoms with E-state index < -0.39 is 34.5 Å². The minimum atomic E-state index is -1.64. The van der Waals surface area contributed by atoms with Crippen molar-refractivity contribution in [2.45, 2.75) is 12.1 Å². The molecule has 92 valence electrons. The smallest absolute Gasteiger partial charge is 0.323 e. The molecule has 1 rings (SSSR count). The van der Waals surface area contributed by atoms with Crippen molar-refractivity contribution in [3.8, 4) is 0 Å². The van der Waals surface area contributed by atoms with Gasteiger partial charge in [-0.1, -0.05) is 0 Å². The normalized spacial score (nSPS) is 14.1. The van der Waals surface area contributed by atoms with Crippen LogP contribution in [0.25, 0.3) is 0 Å². The van der Waals surface area contributed by atoms with E-state index in [1.807, 2.05) is 0 Å². The number of benzene rings is 1. The lowest BCUT2D eigenvalue weighted by molar-refractivity contribution is -0.387. The van der Waals surface area contributed by atoms with Crippen LogP contribution in [0.3, 0.4) is 0 Å². The molecule has 0 spiro atoms. The second-order valence-electron chi connectivity index (χ2n) is 3.28. The van der Waals surface area contributed by atoms with Gasteiger partial charge in [0.05, 0.1) is 4.92 Å². The maximum atomic E-state index is 13.2. The molecule has 4 N–H and O–H groups in total. The lowest BCUT2D eigenvalue weighted by atomic mass is 10.0. The second-order valence-corrected chi connectivity index (χ2v) is 3.28.